The maximum atomic E-state index is 12.4. The minimum Gasteiger partial charge on any atom is -0.444 e. The molecule has 136 valence electrons. The Labute approximate surface area is 159 Å². The molecule has 0 atom stereocenters. The van der Waals surface area contributed by atoms with Crippen LogP contribution in [-0.4, -0.2) is 34.4 Å². The fourth-order valence-corrected chi connectivity index (χ4v) is 4.03. The van der Waals surface area contributed by atoms with Crippen molar-refractivity contribution >= 4 is 29.5 Å². The Morgan fingerprint density at radius 2 is 1.88 bits per heavy atom. The topological polar surface area (TPSA) is 53.3 Å². The van der Waals surface area contributed by atoms with Gasteiger partial charge < -0.3 is 9.64 Å². The van der Waals surface area contributed by atoms with Crippen LogP contribution in [0, 0.1) is 11.3 Å². The minimum atomic E-state index is -0.560. The van der Waals surface area contributed by atoms with Crippen molar-refractivity contribution in [3.05, 3.63) is 28.3 Å². The summed E-state index contributed by atoms with van der Waals surface area (Å²) in [6.45, 7) is 10.6. The molecule has 0 aromatic heterocycles. The van der Waals surface area contributed by atoms with Crippen LogP contribution in [0.25, 0.3) is 0 Å². The average molecular weight is 381 g/mol. The Hall–Kier alpha value is -1.38. The van der Waals surface area contributed by atoms with Crippen molar-refractivity contribution in [3.8, 4) is 6.07 Å². The van der Waals surface area contributed by atoms with Gasteiger partial charge in [0.15, 0.2) is 0 Å². The van der Waals surface area contributed by atoms with E-state index in [4.69, 9.17) is 16.3 Å². The number of thioether (sulfide) groups is 1. The third-order valence-corrected chi connectivity index (χ3v) is 5.57. The smallest absolute Gasteiger partial charge is 0.410 e. The number of carbonyl (C=O) groups is 1. The van der Waals surface area contributed by atoms with Gasteiger partial charge >= 0.3 is 6.09 Å². The van der Waals surface area contributed by atoms with Crippen LogP contribution in [-0.2, 0) is 17.6 Å². The molecule has 0 radical (unpaired) electrons. The van der Waals surface area contributed by atoms with Gasteiger partial charge in [0.25, 0.3) is 0 Å². The molecule has 1 aliphatic rings. The van der Waals surface area contributed by atoms with Crippen molar-refractivity contribution in [2.24, 2.45) is 0 Å². The molecule has 0 N–H and O–H groups in total. The van der Waals surface area contributed by atoms with Crippen LogP contribution in [0.3, 0.4) is 0 Å². The number of ether oxygens (including phenoxy) is 1. The first-order valence-corrected chi connectivity index (χ1v) is 9.60. The number of hydrogen-bond acceptors (Lipinski definition) is 4. The van der Waals surface area contributed by atoms with Gasteiger partial charge in [-0.1, -0.05) is 17.7 Å². The summed E-state index contributed by atoms with van der Waals surface area (Å²) in [5, 5.41) is 10.0. The van der Waals surface area contributed by atoms with Crippen molar-refractivity contribution in [2.75, 3.05) is 13.1 Å². The molecule has 0 saturated carbocycles. The molecule has 0 saturated heterocycles. The average Bonchev–Trinajstić information content (AvgIpc) is 2.71. The molecule has 1 amide bonds. The molecule has 0 fully saturated rings. The molecular formula is C19H25ClN2O2S. The molecule has 4 nitrogen and oxygen atoms in total. The number of halogens is 1. The monoisotopic (exact) mass is 380 g/mol. The zero-order valence-corrected chi connectivity index (χ0v) is 17.1. The molecule has 2 rings (SSSR count). The molecule has 1 aromatic carbocycles. The highest BCUT2D eigenvalue weighted by atomic mass is 35.5. The zero-order valence-electron chi connectivity index (χ0n) is 15.5. The Morgan fingerprint density at radius 3 is 2.48 bits per heavy atom. The van der Waals surface area contributed by atoms with E-state index in [0.29, 0.717) is 24.5 Å². The van der Waals surface area contributed by atoms with Gasteiger partial charge in [-0.25, -0.2) is 4.79 Å². The summed E-state index contributed by atoms with van der Waals surface area (Å²) < 4.78 is 4.94. The Bertz CT molecular complexity index is 705. The van der Waals surface area contributed by atoms with Crippen LogP contribution in [0.5, 0.6) is 0 Å². The second-order valence-corrected chi connectivity index (χ2v) is 9.75. The van der Waals surface area contributed by atoms with Crippen molar-refractivity contribution in [2.45, 2.75) is 62.7 Å². The van der Waals surface area contributed by atoms with Gasteiger partial charge in [-0.15, -0.1) is 11.8 Å². The standard InChI is InChI=1S/C19H25ClN2O2S/c1-18(2,3)24-17(23)22-10-8-13-6-7-15(20)16(14(13)9-11-22)25-19(4,5)12-21/h6-7H,8-11H2,1-5H3. The lowest BCUT2D eigenvalue weighted by Gasteiger charge is -2.26. The van der Waals surface area contributed by atoms with Crippen LogP contribution in [0.2, 0.25) is 5.02 Å². The SMILES string of the molecule is CC(C)(C)OC(=O)N1CCc2ccc(Cl)c(SC(C)(C)C#N)c2CC1. The summed E-state index contributed by atoms with van der Waals surface area (Å²) in [6, 6.07) is 6.23. The number of hydrogen-bond donors (Lipinski definition) is 0. The summed E-state index contributed by atoms with van der Waals surface area (Å²) in [5.41, 5.74) is 1.83. The molecule has 0 bridgehead atoms. The van der Waals surface area contributed by atoms with Crippen LogP contribution >= 0.6 is 23.4 Å². The second-order valence-electron chi connectivity index (χ2n) is 7.71. The van der Waals surface area contributed by atoms with E-state index in [1.165, 1.54) is 17.3 Å². The van der Waals surface area contributed by atoms with Gasteiger partial charge in [0.1, 0.15) is 10.3 Å². The molecule has 1 aromatic rings. The lowest BCUT2D eigenvalue weighted by molar-refractivity contribution is 0.0258. The highest BCUT2D eigenvalue weighted by Crippen LogP contribution is 2.41. The minimum absolute atomic E-state index is 0.280. The van der Waals surface area contributed by atoms with Crippen molar-refractivity contribution in [1.29, 1.82) is 5.26 Å². The van der Waals surface area contributed by atoms with E-state index < -0.39 is 10.3 Å². The first-order valence-electron chi connectivity index (χ1n) is 8.41. The molecule has 6 heteroatoms. The van der Waals surface area contributed by atoms with Gasteiger partial charge in [-0.2, -0.15) is 5.26 Å². The Balaban J connectivity index is 2.24. The number of fused-ring (bicyclic) bond motifs is 1. The van der Waals surface area contributed by atoms with Crippen molar-refractivity contribution in [1.82, 2.24) is 4.90 Å². The molecule has 1 aliphatic heterocycles. The summed E-state index contributed by atoms with van der Waals surface area (Å²) in [6.07, 6.45) is 1.18. The summed E-state index contributed by atoms with van der Waals surface area (Å²) in [5.74, 6) is 0. The molecular weight excluding hydrogens is 356 g/mol. The van der Waals surface area contributed by atoms with Gasteiger partial charge in [0, 0.05) is 18.0 Å². The number of nitriles is 1. The molecule has 25 heavy (non-hydrogen) atoms. The van der Waals surface area contributed by atoms with Crippen LogP contribution in [0.15, 0.2) is 17.0 Å². The Kier molecular flexibility index (Phi) is 5.96. The molecule has 0 unspecified atom stereocenters. The Morgan fingerprint density at radius 1 is 1.24 bits per heavy atom. The number of rotatable bonds is 2. The number of amides is 1. The third kappa shape index (κ3) is 5.29. The second kappa shape index (κ2) is 7.47. The van der Waals surface area contributed by atoms with E-state index in [9.17, 15) is 10.1 Å². The predicted octanol–water partition coefficient (Wildman–Crippen LogP) is 5.07. The number of benzene rings is 1. The number of carbonyl (C=O) groups excluding carboxylic acids is 1. The highest BCUT2D eigenvalue weighted by Gasteiger charge is 2.28. The van der Waals surface area contributed by atoms with Crippen molar-refractivity contribution < 1.29 is 9.53 Å². The van der Waals surface area contributed by atoms with Gasteiger partial charge in [0.05, 0.1) is 11.1 Å². The van der Waals surface area contributed by atoms with Crippen LogP contribution < -0.4 is 0 Å². The third-order valence-electron chi connectivity index (χ3n) is 3.87. The largest absolute Gasteiger partial charge is 0.444 e. The van der Waals surface area contributed by atoms with E-state index in [0.717, 1.165) is 16.9 Å². The highest BCUT2D eigenvalue weighted by molar-refractivity contribution is 8.01. The van der Waals surface area contributed by atoms with E-state index in [1.807, 2.05) is 46.8 Å². The van der Waals surface area contributed by atoms with E-state index in [1.54, 1.807) is 4.90 Å². The number of nitrogens with zero attached hydrogens (tertiary/aromatic N) is 2. The molecule has 0 spiro atoms. The summed E-state index contributed by atoms with van der Waals surface area (Å²) in [4.78, 5) is 15.1. The lowest BCUT2D eigenvalue weighted by atomic mass is 10.0. The zero-order chi connectivity index (χ0) is 18.8. The van der Waals surface area contributed by atoms with Gasteiger partial charge in [-0.3, -0.25) is 0 Å². The predicted molar refractivity (Wildman–Crippen MR) is 102 cm³/mol. The fourth-order valence-electron chi connectivity index (χ4n) is 2.66. The van der Waals surface area contributed by atoms with Crippen molar-refractivity contribution in [3.63, 3.8) is 0 Å². The van der Waals surface area contributed by atoms with Gasteiger partial charge in [0.2, 0.25) is 0 Å². The first-order chi connectivity index (χ1) is 11.5. The van der Waals surface area contributed by atoms with Gasteiger partial charge in [-0.05, 0) is 64.7 Å². The van der Waals surface area contributed by atoms with Crippen LogP contribution in [0.4, 0.5) is 4.79 Å². The molecule has 0 aliphatic carbocycles. The first kappa shape index (κ1) is 19.9. The fraction of sp³-hybridized carbons (Fsp3) is 0.579. The summed E-state index contributed by atoms with van der Waals surface area (Å²) >= 11 is 7.92. The normalized spacial score (nSPS) is 15.2. The maximum Gasteiger partial charge on any atom is 0.410 e. The van der Waals surface area contributed by atoms with Crippen LogP contribution in [0.1, 0.15) is 45.7 Å². The van der Waals surface area contributed by atoms with E-state index >= 15 is 0 Å². The molecule has 1 heterocycles. The lowest BCUT2D eigenvalue weighted by Crippen LogP contribution is -2.38. The van der Waals surface area contributed by atoms with E-state index in [2.05, 4.69) is 6.07 Å². The maximum absolute atomic E-state index is 12.4. The van der Waals surface area contributed by atoms with E-state index in [-0.39, 0.29) is 6.09 Å². The summed E-state index contributed by atoms with van der Waals surface area (Å²) in [7, 11) is 0. The quantitative estimate of drug-likeness (QED) is 0.672.